The zero-order valence-corrected chi connectivity index (χ0v) is 14.1. The van der Waals surface area contributed by atoms with Crippen LogP contribution in [0, 0.1) is 0 Å². The standard InChI is InChI=1S/C19H21N3O2/c1-14(22(2)13-15-9-5-4-6-10-15)18-20-21-19(24-18)16-11-7-8-12-17(16)23-3/h4-12,14H,13H2,1-3H3/t14-/m1/s1. The average Bonchev–Trinajstić information content (AvgIpc) is 3.11. The first-order valence-corrected chi connectivity index (χ1v) is 7.90. The largest absolute Gasteiger partial charge is 0.496 e. The molecule has 124 valence electrons. The van der Waals surface area contributed by atoms with Crippen LogP contribution in [-0.4, -0.2) is 29.3 Å². The van der Waals surface area contributed by atoms with Gasteiger partial charge >= 0.3 is 0 Å². The summed E-state index contributed by atoms with van der Waals surface area (Å²) in [6.07, 6.45) is 0. The molecule has 0 unspecified atom stereocenters. The maximum atomic E-state index is 5.89. The van der Waals surface area contributed by atoms with Gasteiger partial charge in [-0.15, -0.1) is 10.2 Å². The Bertz CT molecular complexity index is 786. The third-order valence-corrected chi connectivity index (χ3v) is 4.07. The van der Waals surface area contributed by atoms with Crippen LogP contribution in [0.1, 0.15) is 24.4 Å². The predicted molar refractivity (Wildman–Crippen MR) is 92.6 cm³/mol. The molecule has 24 heavy (non-hydrogen) atoms. The molecule has 0 saturated carbocycles. The Labute approximate surface area is 141 Å². The fraction of sp³-hybridized carbons (Fsp3) is 0.263. The summed E-state index contributed by atoms with van der Waals surface area (Å²) < 4.78 is 11.2. The van der Waals surface area contributed by atoms with Crippen LogP contribution in [-0.2, 0) is 6.54 Å². The second kappa shape index (κ2) is 7.27. The summed E-state index contributed by atoms with van der Waals surface area (Å²) in [7, 11) is 3.68. The number of benzene rings is 2. The van der Waals surface area contributed by atoms with E-state index in [0.29, 0.717) is 11.8 Å². The third kappa shape index (κ3) is 3.46. The monoisotopic (exact) mass is 323 g/mol. The summed E-state index contributed by atoms with van der Waals surface area (Å²) in [6.45, 7) is 2.87. The van der Waals surface area contributed by atoms with Gasteiger partial charge in [-0.05, 0) is 31.7 Å². The van der Waals surface area contributed by atoms with Gasteiger partial charge in [0.1, 0.15) is 5.75 Å². The van der Waals surface area contributed by atoms with Crippen LogP contribution in [0.5, 0.6) is 5.75 Å². The normalized spacial score (nSPS) is 12.3. The molecule has 0 N–H and O–H groups in total. The van der Waals surface area contributed by atoms with Crippen molar-refractivity contribution in [2.24, 2.45) is 0 Å². The molecule has 0 fully saturated rings. The topological polar surface area (TPSA) is 51.4 Å². The number of nitrogens with zero attached hydrogens (tertiary/aromatic N) is 3. The first-order chi connectivity index (χ1) is 11.7. The lowest BCUT2D eigenvalue weighted by Gasteiger charge is -2.21. The van der Waals surface area contributed by atoms with E-state index >= 15 is 0 Å². The van der Waals surface area contributed by atoms with E-state index in [4.69, 9.17) is 9.15 Å². The molecule has 5 heteroatoms. The highest BCUT2D eigenvalue weighted by molar-refractivity contribution is 5.62. The Balaban J connectivity index is 1.77. The van der Waals surface area contributed by atoms with Crippen LogP contribution < -0.4 is 4.74 Å². The molecule has 0 amide bonds. The maximum absolute atomic E-state index is 5.89. The molecule has 3 rings (SSSR count). The molecule has 3 aromatic rings. The number of hydrogen-bond acceptors (Lipinski definition) is 5. The highest BCUT2D eigenvalue weighted by Crippen LogP contribution is 2.30. The van der Waals surface area contributed by atoms with Gasteiger partial charge in [-0.25, -0.2) is 0 Å². The van der Waals surface area contributed by atoms with Gasteiger partial charge in [-0.3, -0.25) is 4.90 Å². The van der Waals surface area contributed by atoms with Gasteiger partial charge in [-0.1, -0.05) is 42.5 Å². The van der Waals surface area contributed by atoms with E-state index in [0.717, 1.165) is 17.9 Å². The number of ether oxygens (including phenoxy) is 1. The van der Waals surface area contributed by atoms with Crippen molar-refractivity contribution in [2.75, 3.05) is 14.2 Å². The quantitative estimate of drug-likeness (QED) is 0.688. The number of hydrogen-bond donors (Lipinski definition) is 0. The average molecular weight is 323 g/mol. The molecule has 1 heterocycles. The molecule has 5 nitrogen and oxygen atoms in total. The lowest BCUT2D eigenvalue weighted by molar-refractivity contribution is 0.218. The van der Waals surface area contributed by atoms with Gasteiger partial charge in [0.05, 0.1) is 18.7 Å². The van der Waals surface area contributed by atoms with Gasteiger partial charge in [0, 0.05) is 6.54 Å². The molecule has 0 spiro atoms. The van der Waals surface area contributed by atoms with Gasteiger partial charge in [-0.2, -0.15) is 0 Å². The highest BCUT2D eigenvalue weighted by atomic mass is 16.5. The summed E-state index contributed by atoms with van der Waals surface area (Å²) in [5, 5.41) is 8.40. The molecule has 0 saturated heterocycles. The predicted octanol–water partition coefficient (Wildman–Crippen LogP) is 3.94. The smallest absolute Gasteiger partial charge is 0.251 e. The van der Waals surface area contributed by atoms with Crippen LogP contribution in [0.25, 0.3) is 11.5 Å². The number of aromatic nitrogens is 2. The Morgan fingerprint density at radius 3 is 2.50 bits per heavy atom. The number of para-hydroxylation sites is 1. The molecule has 0 aliphatic heterocycles. The summed E-state index contributed by atoms with van der Waals surface area (Å²) in [4.78, 5) is 2.18. The van der Waals surface area contributed by atoms with Crippen molar-refractivity contribution in [1.82, 2.24) is 15.1 Å². The Kier molecular flexibility index (Phi) is 4.91. The van der Waals surface area contributed by atoms with Crippen molar-refractivity contribution in [1.29, 1.82) is 0 Å². The maximum Gasteiger partial charge on any atom is 0.251 e. The minimum atomic E-state index is 0.0150. The van der Waals surface area contributed by atoms with E-state index in [1.165, 1.54) is 5.56 Å². The third-order valence-electron chi connectivity index (χ3n) is 4.07. The summed E-state index contributed by atoms with van der Waals surface area (Å²) in [6, 6.07) is 18.0. The van der Waals surface area contributed by atoms with Crippen LogP contribution in [0.2, 0.25) is 0 Å². The van der Waals surface area contributed by atoms with E-state index < -0.39 is 0 Å². The Morgan fingerprint density at radius 2 is 1.75 bits per heavy atom. The van der Waals surface area contributed by atoms with Crippen LogP contribution in [0.4, 0.5) is 0 Å². The fourth-order valence-corrected chi connectivity index (χ4v) is 2.53. The van der Waals surface area contributed by atoms with Crippen molar-refractivity contribution in [3.8, 4) is 17.2 Å². The molecular formula is C19H21N3O2. The minimum Gasteiger partial charge on any atom is -0.496 e. The fourth-order valence-electron chi connectivity index (χ4n) is 2.53. The molecule has 0 radical (unpaired) electrons. The van der Waals surface area contributed by atoms with Crippen molar-refractivity contribution in [3.05, 3.63) is 66.1 Å². The SMILES string of the molecule is COc1ccccc1-c1nnc([C@@H](C)N(C)Cc2ccccc2)o1. The highest BCUT2D eigenvalue weighted by Gasteiger charge is 2.20. The van der Waals surface area contributed by atoms with Crippen molar-refractivity contribution >= 4 is 0 Å². The first kappa shape index (κ1) is 16.2. The van der Waals surface area contributed by atoms with Crippen molar-refractivity contribution in [2.45, 2.75) is 19.5 Å². The second-order valence-corrected chi connectivity index (χ2v) is 5.72. The first-order valence-electron chi connectivity index (χ1n) is 7.90. The molecule has 0 aliphatic rings. The molecule has 1 atom stereocenters. The van der Waals surface area contributed by atoms with Crippen LogP contribution in [0.3, 0.4) is 0 Å². The van der Waals surface area contributed by atoms with Gasteiger partial charge in [0.15, 0.2) is 0 Å². The van der Waals surface area contributed by atoms with Crippen molar-refractivity contribution < 1.29 is 9.15 Å². The van der Waals surface area contributed by atoms with Crippen LogP contribution in [0.15, 0.2) is 59.0 Å². The summed E-state index contributed by atoms with van der Waals surface area (Å²) >= 11 is 0. The lowest BCUT2D eigenvalue weighted by Crippen LogP contribution is -2.22. The zero-order valence-electron chi connectivity index (χ0n) is 14.1. The molecule has 0 bridgehead atoms. The Hall–Kier alpha value is -2.66. The van der Waals surface area contributed by atoms with E-state index in [1.807, 2.05) is 49.5 Å². The zero-order chi connectivity index (χ0) is 16.9. The van der Waals surface area contributed by atoms with Gasteiger partial charge in [0.25, 0.3) is 5.89 Å². The van der Waals surface area contributed by atoms with Gasteiger partial charge in [0.2, 0.25) is 5.89 Å². The Morgan fingerprint density at radius 1 is 1.04 bits per heavy atom. The molecule has 2 aromatic carbocycles. The van der Waals surface area contributed by atoms with E-state index in [1.54, 1.807) is 7.11 Å². The van der Waals surface area contributed by atoms with E-state index in [-0.39, 0.29) is 6.04 Å². The minimum absolute atomic E-state index is 0.0150. The van der Waals surface area contributed by atoms with Crippen LogP contribution >= 0.6 is 0 Å². The van der Waals surface area contributed by atoms with Crippen molar-refractivity contribution in [3.63, 3.8) is 0 Å². The second-order valence-electron chi connectivity index (χ2n) is 5.72. The summed E-state index contributed by atoms with van der Waals surface area (Å²) in [5.74, 6) is 1.79. The number of rotatable bonds is 6. The number of methoxy groups -OCH3 is 1. The summed E-state index contributed by atoms with van der Waals surface area (Å²) in [5.41, 5.74) is 2.05. The lowest BCUT2D eigenvalue weighted by atomic mass is 10.2. The molecule has 0 aliphatic carbocycles. The molecular weight excluding hydrogens is 302 g/mol. The van der Waals surface area contributed by atoms with Gasteiger partial charge < -0.3 is 9.15 Å². The van der Waals surface area contributed by atoms with E-state index in [2.05, 4.69) is 34.2 Å². The molecule has 1 aromatic heterocycles. The van der Waals surface area contributed by atoms with E-state index in [9.17, 15) is 0 Å².